The SMILES string of the molecule is CN(C(=O)c1cc2cc(F)ccc2c(=O)o1)C1CCCCC1. The summed E-state index contributed by atoms with van der Waals surface area (Å²) in [6.45, 7) is 0. The lowest BCUT2D eigenvalue weighted by molar-refractivity contribution is 0.0660. The number of rotatable bonds is 2. The van der Waals surface area contributed by atoms with Crippen LogP contribution in [-0.2, 0) is 0 Å². The summed E-state index contributed by atoms with van der Waals surface area (Å²) >= 11 is 0. The molecule has 1 aromatic carbocycles. The minimum atomic E-state index is -0.613. The van der Waals surface area contributed by atoms with E-state index in [0.717, 1.165) is 25.7 Å². The molecule has 5 heteroatoms. The van der Waals surface area contributed by atoms with E-state index in [4.69, 9.17) is 4.42 Å². The van der Waals surface area contributed by atoms with Crippen LogP contribution in [0.2, 0.25) is 0 Å². The van der Waals surface area contributed by atoms with Crippen LogP contribution in [0.3, 0.4) is 0 Å². The van der Waals surface area contributed by atoms with Gasteiger partial charge in [-0.25, -0.2) is 9.18 Å². The monoisotopic (exact) mass is 303 g/mol. The second-order valence-corrected chi connectivity index (χ2v) is 5.84. The topological polar surface area (TPSA) is 50.5 Å². The molecule has 0 radical (unpaired) electrons. The number of carbonyl (C=O) groups is 1. The van der Waals surface area contributed by atoms with Crippen LogP contribution in [0.25, 0.3) is 10.8 Å². The molecule has 1 aromatic heterocycles. The largest absolute Gasteiger partial charge is 0.417 e. The van der Waals surface area contributed by atoms with Crippen molar-refractivity contribution in [2.24, 2.45) is 0 Å². The summed E-state index contributed by atoms with van der Waals surface area (Å²) in [7, 11) is 1.73. The van der Waals surface area contributed by atoms with Gasteiger partial charge in [-0.3, -0.25) is 4.79 Å². The van der Waals surface area contributed by atoms with Crippen molar-refractivity contribution < 1.29 is 13.6 Å². The number of hydrogen-bond acceptors (Lipinski definition) is 3. The molecule has 116 valence electrons. The summed E-state index contributed by atoms with van der Waals surface area (Å²) in [5.74, 6) is -0.802. The number of hydrogen-bond donors (Lipinski definition) is 0. The van der Waals surface area contributed by atoms with Crippen molar-refractivity contribution in [1.29, 1.82) is 0 Å². The van der Waals surface area contributed by atoms with Crippen LogP contribution in [0.4, 0.5) is 4.39 Å². The van der Waals surface area contributed by atoms with Gasteiger partial charge >= 0.3 is 5.63 Å². The maximum atomic E-state index is 13.3. The van der Waals surface area contributed by atoms with Crippen molar-refractivity contribution >= 4 is 16.7 Å². The lowest BCUT2D eigenvalue weighted by Crippen LogP contribution is -2.38. The summed E-state index contributed by atoms with van der Waals surface area (Å²) in [4.78, 5) is 26.1. The molecular weight excluding hydrogens is 285 g/mol. The minimum absolute atomic E-state index is 0.0313. The van der Waals surface area contributed by atoms with Crippen molar-refractivity contribution in [1.82, 2.24) is 4.90 Å². The first kappa shape index (κ1) is 14.8. The van der Waals surface area contributed by atoms with Crippen LogP contribution < -0.4 is 5.63 Å². The predicted octanol–water partition coefficient (Wildman–Crippen LogP) is 3.34. The molecule has 3 rings (SSSR count). The molecule has 0 aliphatic heterocycles. The summed E-state index contributed by atoms with van der Waals surface area (Å²) in [5.41, 5.74) is -0.613. The zero-order valence-electron chi connectivity index (χ0n) is 12.5. The summed E-state index contributed by atoms with van der Waals surface area (Å²) in [6.07, 6.45) is 5.34. The highest BCUT2D eigenvalue weighted by Gasteiger charge is 2.25. The van der Waals surface area contributed by atoms with Crippen LogP contribution in [0.15, 0.2) is 33.5 Å². The van der Waals surface area contributed by atoms with Gasteiger partial charge < -0.3 is 9.32 Å². The average Bonchev–Trinajstić information content (AvgIpc) is 2.53. The van der Waals surface area contributed by atoms with Gasteiger partial charge in [0, 0.05) is 13.1 Å². The molecule has 1 fully saturated rings. The Kier molecular flexibility index (Phi) is 3.96. The van der Waals surface area contributed by atoms with Gasteiger partial charge in [-0.2, -0.15) is 0 Å². The summed E-state index contributed by atoms with van der Waals surface area (Å²) in [6, 6.07) is 5.44. The standard InChI is InChI=1S/C17H18FNO3/c1-19(13-5-3-2-4-6-13)16(20)15-10-11-9-12(18)7-8-14(11)17(21)22-15/h7-10,13H,2-6H2,1H3. The third-order valence-corrected chi connectivity index (χ3v) is 4.38. The zero-order valence-corrected chi connectivity index (χ0v) is 12.5. The average molecular weight is 303 g/mol. The van der Waals surface area contributed by atoms with E-state index in [9.17, 15) is 14.0 Å². The van der Waals surface area contributed by atoms with Gasteiger partial charge in [-0.15, -0.1) is 0 Å². The number of benzene rings is 1. The van der Waals surface area contributed by atoms with Crippen LogP contribution in [-0.4, -0.2) is 23.9 Å². The molecular formula is C17H18FNO3. The molecule has 1 heterocycles. The summed E-state index contributed by atoms with van der Waals surface area (Å²) < 4.78 is 18.5. The van der Waals surface area contributed by atoms with E-state index in [1.54, 1.807) is 11.9 Å². The quantitative estimate of drug-likeness (QED) is 0.855. The molecule has 4 nitrogen and oxygen atoms in total. The fourth-order valence-electron chi connectivity index (χ4n) is 3.08. The molecule has 1 aliphatic carbocycles. The van der Waals surface area contributed by atoms with Crippen LogP contribution in [0.5, 0.6) is 0 Å². The van der Waals surface area contributed by atoms with Crippen molar-refractivity contribution in [3.05, 3.63) is 46.3 Å². The Hall–Kier alpha value is -2.17. The van der Waals surface area contributed by atoms with E-state index < -0.39 is 11.4 Å². The molecule has 1 saturated carbocycles. The fraction of sp³-hybridized carbons (Fsp3) is 0.412. The molecule has 0 N–H and O–H groups in total. The molecule has 0 bridgehead atoms. The van der Waals surface area contributed by atoms with Crippen LogP contribution in [0, 0.1) is 5.82 Å². The Morgan fingerprint density at radius 2 is 1.95 bits per heavy atom. The van der Waals surface area contributed by atoms with Crippen LogP contribution >= 0.6 is 0 Å². The maximum Gasteiger partial charge on any atom is 0.344 e. The number of nitrogens with zero attached hydrogens (tertiary/aromatic N) is 1. The normalized spacial score (nSPS) is 15.9. The highest BCUT2D eigenvalue weighted by atomic mass is 19.1. The van der Waals surface area contributed by atoms with E-state index in [-0.39, 0.29) is 23.1 Å². The number of fused-ring (bicyclic) bond motifs is 1. The van der Waals surface area contributed by atoms with Crippen molar-refractivity contribution in [3.63, 3.8) is 0 Å². The Morgan fingerprint density at radius 3 is 2.68 bits per heavy atom. The fourth-order valence-corrected chi connectivity index (χ4v) is 3.08. The predicted molar refractivity (Wildman–Crippen MR) is 81.4 cm³/mol. The van der Waals surface area contributed by atoms with E-state index in [1.165, 1.54) is 30.7 Å². The number of halogens is 1. The Balaban J connectivity index is 1.95. The van der Waals surface area contributed by atoms with Crippen molar-refractivity contribution in [3.8, 4) is 0 Å². The molecule has 2 aromatic rings. The van der Waals surface area contributed by atoms with E-state index >= 15 is 0 Å². The first-order chi connectivity index (χ1) is 10.6. The molecule has 0 saturated heterocycles. The van der Waals surface area contributed by atoms with Gasteiger partial charge in [0.15, 0.2) is 5.76 Å². The lowest BCUT2D eigenvalue weighted by Gasteiger charge is -2.30. The second-order valence-electron chi connectivity index (χ2n) is 5.84. The second kappa shape index (κ2) is 5.91. The van der Waals surface area contributed by atoms with Gasteiger partial charge in [0.05, 0.1) is 5.39 Å². The van der Waals surface area contributed by atoms with E-state index in [0.29, 0.717) is 5.39 Å². The smallest absolute Gasteiger partial charge is 0.344 e. The molecule has 0 unspecified atom stereocenters. The molecule has 0 spiro atoms. The van der Waals surface area contributed by atoms with Gasteiger partial charge in [-0.05, 0) is 42.5 Å². The van der Waals surface area contributed by atoms with Crippen molar-refractivity contribution in [2.75, 3.05) is 7.05 Å². The molecule has 0 atom stereocenters. The van der Waals surface area contributed by atoms with E-state index in [1.807, 2.05) is 0 Å². The lowest BCUT2D eigenvalue weighted by atomic mass is 9.94. The molecule has 1 amide bonds. The third-order valence-electron chi connectivity index (χ3n) is 4.38. The Morgan fingerprint density at radius 1 is 1.23 bits per heavy atom. The first-order valence-electron chi connectivity index (χ1n) is 7.57. The van der Waals surface area contributed by atoms with Crippen LogP contribution in [0.1, 0.15) is 42.7 Å². The first-order valence-corrected chi connectivity index (χ1v) is 7.57. The Bertz CT molecular complexity index is 762. The van der Waals surface area contributed by atoms with Gasteiger partial charge in [-0.1, -0.05) is 19.3 Å². The van der Waals surface area contributed by atoms with Gasteiger partial charge in [0.1, 0.15) is 5.82 Å². The number of carbonyl (C=O) groups excluding carboxylic acids is 1. The molecule has 1 aliphatic rings. The summed E-state index contributed by atoms with van der Waals surface area (Å²) in [5, 5.41) is 0.662. The Labute approximate surface area is 127 Å². The third kappa shape index (κ3) is 2.75. The highest BCUT2D eigenvalue weighted by Crippen LogP contribution is 2.23. The van der Waals surface area contributed by atoms with Gasteiger partial charge in [0.25, 0.3) is 5.91 Å². The minimum Gasteiger partial charge on any atom is -0.417 e. The maximum absolute atomic E-state index is 13.3. The number of amides is 1. The van der Waals surface area contributed by atoms with Gasteiger partial charge in [0.2, 0.25) is 0 Å². The van der Waals surface area contributed by atoms with E-state index in [2.05, 4.69) is 0 Å². The highest BCUT2D eigenvalue weighted by molar-refractivity contribution is 5.95. The van der Waals surface area contributed by atoms with Crippen molar-refractivity contribution in [2.45, 2.75) is 38.1 Å². The zero-order chi connectivity index (χ0) is 15.7. The molecule has 22 heavy (non-hydrogen) atoms.